The second-order valence-corrected chi connectivity index (χ2v) is 3.44. The minimum Gasteiger partial charge on any atom is -0.370 e. The zero-order chi connectivity index (χ0) is 12.0. The molecule has 1 heterocycles. The minimum absolute atomic E-state index is 0.127. The highest BCUT2D eigenvalue weighted by molar-refractivity contribution is 5.77. The summed E-state index contributed by atoms with van der Waals surface area (Å²) in [5.41, 5.74) is 6.79. The average molecular weight is 222 g/mol. The molecular weight excluding hydrogens is 207 g/mol. The van der Waals surface area contributed by atoms with Gasteiger partial charge in [-0.2, -0.15) is 0 Å². The van der Waals surface area contributed by atoms with Gasteiger partial charge in [0.2, 0.25) is 0 Å². The van der Waals surface area contributed by atoms with Gasteiger partial charge in [0.15, 0.2) is 5.96 Å². The number of aliphatic imine (C=N–C) groups is 1. The van der Waals surface area contributed by atoms with Crippen LogP contribution < -0.4 is 11.1 Å². The van der Waals surface area contributed by atoms with Gasteiger partial charge < -0.3 is 11.1 Å². The molecule has 0 spiro atoms. The van der Waals surface area contributed by atoms with Crippen LogP contribution in [0.25, 0.3) is 0 Å². The fourth-order valence-electron chi connectivity index (χ4n) is 0.992. The van der Waals surface area contributed by atoms with Crippen LogP contribution in [0.4, 0.5) is 4.39 Å². The Morgan fingerprint density at radius 3 is 3.06 bits per heavy atom. The van der Waals surface area contributed by atoms with E-state index in [-0.39, 0.29) is 24.0 Å². The third-order valence-electron chi connectivity index (χ3n) is 1.81. The fraction of sp³-hybridized carbons (Fsp3) is 0.273. The molecular formula is C11H15FN4. The standard InChI is InChI=1S/C11H15FN4/c1-8(2)6-15-11(13)16-7-10-9(12)4-3-5-14-10/h3-5H,1,6-7H2,2H3,(H3,13,15,16). The van der Waals surface area contributed by atoms with E-state index in [1.165, 1.54) is 18.3 Å². The Hall–Kier alpha value is -1.91. The molecule has 0 aliphatic carbocycles. The summed E-state index contributed by atoms with van der Waals surface area (Å²) in [6.45, 7) is 6.27. The maximum Gasteiger partial charge on any atom is 0.189 e. The van der Waals surface area contributed by atoms with E-state index in [0.29, 0.717) is 6.54 Å². The number of pyridine rings is 1. The maximum atomic E-state index is 13.1. The normalized spacial score (nSPS) is 11.2. The van der Waals surface area contributed by atoms with Crippen LogP contribution in [0.15, 0.2) is 35.5 Å². The van der Waals surface area contributed by atoms with Crippen molar-refractivity contribution in [2.45, 2.75) is 13.5 Å². The van der Waals surface area contributed by atoms with E-state index in [1.54, 1.807) is 0 Å². The maximum absolute atomic E-state index is 13.1. The fourth-order valence-corrected chi connectivity index (χ4v) is 0.992. The van der Waals surface area contributed by atoms with Gasteiger partial charge in [0.1, 0.15) is 5.82 Å². The Bertz CT molecular complexity index is 401. The summed E-state index contributed by atoms with van der Waals surface area (Å²) in [5, 5.41) is 2.85. The van der Waals surface area contributed by atoms with Crippen molar-refractivity contribution in [1.29, 1.82) is 0 Å². The zero-order valence-electron chi connectivity index (χ0n) is 9.20. The summed E-state index contributed by atoms with van der Waals surface area (Å²) in [7, 11) is 0. The van der Waals surface area contributed by atoms with Crippen LogP contribution in [0.5, 0.6) is 0 Å². The van der Waals surface area contributed by atoms with Crippen LogP contribution in [0.1, 0.15) is 12.6 Å². The Kier molecular flexibility index (Phi) is 4.44. The van der Waals surface area contributed by atoms with E-state index in [9.17, 15) is 4.39 Å². The van der Waals surface area contributed by atoms with E-state index in [0.717, 1.165) is 5.57 Å². The lowest BCUT2D eigenvalue weighted by Gasteiger charge is -2.04. The topological polar surface area (TPSA) is 63.3 Å². The van der Waals surface area contributed by atoms with Gasteiger partial charge in [-0.15, -0.1) is 0 Å². The summed E-state index contributed by atoms with van der Waals surface area (Å²) in [5.74, 6) is -0.119. The minimum atomic E-state index is -0.376. The van der Waals surface area contributed by atoms with Gasteiger partial charge in [0.05, 0.1) is 12.2 Å². The van der Waals surface area contributed by atoms with Crippen molar-refractivity contribution in [3.8, 4) is 0 Å². The number of nitrogens with one attached hydrogen (secondary N) is 1. The molecule has 16 heavy (non-hydrogen) atoms. The molecule has 0 saturated heterocycles. The molecule has 0 radical (unpaired) electrons. The van der Waals surface area contributed by atoms with Crippen molar-refractivity contribution in [2.75, 3.05) is 6.54 Å². The first-order valence-electron chi connectivity index (χ1n) is 4.87. The van der Waals surface area contributed by atoms with E-state index >= 15 is 0 Å². The molecule has 0 unspecified atom stereocenters. The van der Waals surface area contributed by atoms with Gasteiger partial charge in [-0.25, -0.2) is 9.38 Å². The monoisotopic (exact) mass is 222 g/mol. The molecule has 3 N–H and O–H groups in total. The van der Waals surface area contributed by atoms with E-state index in [4.69, 9.17) is 5.73 Å². The molecule has 86 valence electrons. The summed E-state index contributed by atoms with van der Waals surface area (Å²) < 4.78 is 13.1. The number of guanidine groups is 1. The molecule has 0 aliphatic rings. The highest BCUT2D eigenvalue weighted by atomic mass is 19.1. The SMILES string of the molecule is C=C(C)CNC(N)=NCc1ncccc1F. The summed E-state index contributed by atoms with van der Waals surface area (Å²) in [6, 6.07) is 2.88. The number of rotatable bonds is 4. The largest absolute Gasteiger partial charge is 0.370 e. The first-order chi connectivity index (χ1) is 7.59. The van der Waals surface area contributed by atoms with Crippen molar-refractivity contribution >= 4 is 5.96 Å². The van der Waals surface area contributed by atoms with Crippen LogP contribution in [0, 0.1) is 5.82 Å². The van der Waals surface area contributed by atoms with E-state index in [1.807, 2.05) is 6.92 Å². The van der Waals surface area contributed by atoms with Crippen molar-refractivity contribution in [2.24, 2.45) is 10.7 Å². The number of hydrogen-bond donors (Lipinski definition) is 2. The Balaban J connectivity index is 2.52. The first kappa shape index (κ1) is 12.2. The summed E-state index contributed by atoms with van der Waals surface area (Å²) in [6.07, 6.45) is 1.52. The number of nitrogens with zero attached hydrogens (tertiary/aromatic N) is 2. The molecule has 0 atom stereocenters. The van der Waals surface area contributed by atoms with Crippen molar-refractivity contribution in [1.82, 2.24) is 10.3 Å². The molecule has 1 aromatic rings. The molecule has 0 saturated carbocycles. The number of hydrogen-bond acceptors (Lipinski definition) is 2. The van der Waals surface area contributed by atoms with Crippen LogP contribution >= 0.6 is 0 Å². The highest BCUT2D eigenvalue weighted by Crippen LogP contribution is 2.03. The van der Waals surface area contributed by atoms with Gasteiger partial charge in [0.25, 0.3) is 0 Å². The molecule has 4 nitrogen and oxygen atoms in total. The van der Waals surface area contributed by atoms with Crippen LogP contribution in [-0.4, -0.2) is 17.5 Å². The number of aromatic nitrogens is 1. The van der Waals surface area contributed by atoms with Crippen LogP contribution in [-0.2, 0) is 6.54 Å². The predicted molar refractivity (Wildman–Crippen MR) is 62.3 cm³/mol. The molecule has 0 amide bonds. The van der Waals surface area contributed by atoms with Gasteiger partial charge in [-0.1, -0.05) is 12.2 Å². The van der Waals surface area contributed by atoms with Crippen molar-refractivity contribution in [3.63, 3.8) is 0 Å². The average Bonchev–Trinajstić information content (AvgIpc) is 2.25. The lowest BCUT2D eigenvalue weighted by Crippen LogP contribution is -2.32. The second-order valence-electron chi connectivity index (χ2n) is 3.44. The van der Waals surface area contributed by atoms with Crippen LogP contribution in [0.2, 0.25) is 0 Å². The number of halogens is 1. The molecule has 0 aliphatic heterocycles. The molecule has 0 aromatic carbocycles. The van der Waals surface area contributed by atoms with Gasteiger partial charge >= 0.3 is 0 Å². The molecule has 0 fully saturated rings. The molecule has 1 aromatic heterocycles. The Labute approximate surface area is 94.1 Å². The third-order valence-corrected chi connectivity index (χ3v) is 1.81. The van der Waals surface area contributed by atoms with Crippen molar-refractivity contribution in [3.05, 3.63) is 42.0 Å². The Morgan fingerprint density at radius 1 is 1.69 bits per heavy atom. The summed E-state index contributed by atoms with van der Waals surface area (Å²) in [4.78, 5) is 7.83. The smallest absolute Gasteiger partial charge is 0.189 e. The number of nitrogens with two attached hydrogens (primary N) is 1. The zero-order valence-corrected chi connectivity index (χ0v) is 9.20. The van der Waals surface area contributed by atoms with Gasteiger partial charge in [-0.3, -0.25) is 4.98 Å². The van der Waals surface area contributed by atoms with Gasteiger partial charge in [0, 0.05) is 12.7 Å². The van der Waals surface area contributed by atoms with Crippen LogP contribution in [0.3, 0.4) is 0 Å². The second kappa shape index (κ2) is 5.85. The van der Waals surface area contributed by atoms with Gasteiger partial charge in [-0.05, 0) is 19.1 Å². The first-order valence-corrected chi connectivity index (χ1v) is 4.87. The van der Waals surface area contributed by atoms with E-state index in [2.05, 4.69) is 21.9 Å². The summed E-state index contributed by atoms with van der Waals surface area (Å²) >= 11 is 0. The quantitative estimate of drug-likeness (QED) is 0.457. The lowest BCUT2D eigenvalue weighted by atomic mass is 10.3. The Morgan fingerprint density at radius 2 is 2.44 bits per heavy atom. The van der Waals surface area contributed by atoms with Crippen molar-refractivity contribution < 1.29 is 4.39 Å². The lowest BCUT2D eigenvalue weighted by molar-refractivity contribution is 0.600. The highest BCUT2D eigenvalue weighted by Gasteiger charge is 2.00. The predicted octanol–water partition coefficient (Wildman–Crippen LogP) is 1.20. The molecule has 1 rings (SSSR count). The van der Waals surface area contributed by atoms with E-state index < -0.39 is 0 Å². The third kappa shape index (κ3) is 4.08. The molecule has 0 bridgehead atoms. The molecule has 5 heteroatoms.